The molecule has 3 aliphatic rings. The molecular weight excluding hydrogens is 663 g/mol. The van der Waals surface area contributed by atoms with Crippen LogP contribution in [-0.4, -0.2) is 72.8 Å². The number of hydrogen-bond acceptors (Lipinski definition) is 6. The van der Waals surface area contributed by atoms with Crippen LogP contribution >= 0.6 is 0 Å². The van der Waals surface area contributed by atoms with E-state index in [2.05, 4.69) is 18.4 Å². The van der Waals surface area contributed by atoms with Crippen LogP contribution in [0.4, 0.5) is 22.0 Å². The van der Waals surface area contributed by atoms with Gasteiger partial charge in [0.15, 0.2) is 0 Å². The maximum Gasteiger partial charge on any atom is 0.453 e. The maximum absolute atomic E-state index is 13.0. The molecule has 2 saturated carbocycles. The normalized spacial score (nSPS) is 28.6. The molecule has 0 amide bonds. The summed E-state index contributed by atoms with van der Waals surface area (Å²) in [5.41, 5.74) is 3.15. The summed E-state index contributed by atoms with van der Waals surface area (Å²) in [5, 5.41) is 15.9. The van der Waals surface area contributed by atoms with Gasteiger partial charge in [0.25, 0.3) is 0 Å². The van der Waals surface area contributed by atoms with E-state index in [-0.39, 0.29) is 22.7 Å². The summed E-state index contributed by atoms with van der Waals surface area (Å²) in [6.45, 7) is 8.02. The Hall–Kier alpha value is -1.45. The third-order valence-corrected chi connectivity index (χ3v) is 12.8. The number of nitrogens with zero attached hydrogens (tertiary/aromatic N) is 1. The molecule has 268 valence electrons. The van der Waals surface area contributed by atoms with Gasteiger partial charge in [-0.05, 0) is 116 Å². The van der Waals surface area contributed by atoms with Crippen molar-refractivity contribution in [2.45, 2.75) is 102 Å². The first kappa shape index (κ1) is 38.4. The van der Waals surface area contributed by atoms with Gasteiger partial charge in [0.2, 0.25) is 0 Å². The second-order valence-corrected chi connectivity index (χ2v) is 16.9. The van der Waals surface area contributed by atoms with Crippen LogP contribution in [0, 0.1) is 23.2 Å². The van der Waals surface area contributed by atoms with Crippen molar-refractivity contribution in [1.29, 1.82) is 0 Å². The van der Waals surface area contributed by atoms with Crippen LogP contribution in [0.3, 0.4) is 0 Å². The molecule has 0 bridgehead atoms. The van der Waals surface area contributed by atoms with Crippen molar-refractivity contribution in [2.75, 3.05) is 31.6 Å². The molecular formula is C33H49F5N2O5S2. The first-order valence-electron chi connectivity index (χ1n) is 16.5. The van der Waals surface area contributed by atoms with Crippen molar-refractivity contribution < 1.29 is 44.2 Å². The highest BCUT2D eigenvalue weighted by atomic mass is 32.2. The molecule has 0 saturated heterocycles. The highest BCUT2D eigenvalue weighted by Crippen LogP contribution is 2.64. The van der Waals surface area contributed by atoms with Gasteiger partial charge in [-0.15, -0.1) is 0 Å². The van der Waals surface area contributed by atoms with E-state index < -0.39 is 52.5 Å². The number of alkyl halides is 5. The fraction of sp³-hybridized carbons (Fsp3) is 0.758. The van der Waals surface area contributed by atoms with Crippen molar-refractivity contribution in [2.24, 2.45) is 28.3 Å². The molecule has 1 aromatic carbocycles. The molecule has 1 aromatic rings. The summed E-state index contributed by atoms with van der Waals surface area (Å²) in [6, 6.07) is 5.45. The monoisotopic (exact) mass is 712 g/mol. The molecule has 7 atom stereocenters. The van der Waals surface area contributed by atoms with E-state index >= 15 is 0 Å². The topological polar surface area (TPSA) is 116 Å². The molecule has 0 aromatic heterocycles. The molecule has 7 nitrogen and oxygen atoms in total. The molecule has 0 heterocycles. The molecule has 3 aliphatic carbocycles. The standard InChI is InChI=1S/C33H49F5N2O5S2/c1-22-29(41)21-28-30-23(19-24-20-25(45-47(39,43)44)10-11-26(24)27(30)12-14-31(22,28)2)9-5-4-6-15-40(3)16-8-18-46(42)17-7-13-32(34,35)33(36,37)38/h10-11,20,23,27-30,41H,1,4-9,12-19,21H2,2-3H3,(H2,39,43,44)/t23-,27?,28?,29-,30?,31-,46?/m1/s1. The van der Waals surface area contributed by atoms with E-state index in [9.17, 15) is 40.0 Å². The van der Waals surface area contributed by atoms with E-state index in [0.717, 1.165) is 62.6 Å². The van der Waals surface area contributed by atoms with Crippen molar-refractivity contribution in [3.8, 4) is 5.75 Å². The predicted molar refractivity (Wildman–Crippen MR) is 173 cm³/mol. The van der Waals surface area contributed by atoms with E-state index in [1.165, 1.54) is 5.56 Å². The Kier molecular flexibility index (Phi) is 12.4. The zero-order valence-electron chi connectivity index (χ0n) is 27.2. The minimum atomic E-state index is -5.58. The van der Waals surface area contributed by atoms with Gasteiger partial charge in [-0.3, -0.25) is 0 Å². The van der Waals surface area contributed by atoms with E-state index in [0.29, 0.717) is 43.1 Å². The first-order valence-corrected chi connectivity index (χ1v) is 19.5. The molecule has 2 fully saturated rings. The predicted octanol–water partition coefficient (Wildman–Crippen LogP) is 6.49. The summed E-state index contributed by atoms with van der Waals surface area (Å²) in [4.78, 5) is 2.12. The van der Waals surface area contributed by atoms with Crippen molar-refractivity contribution in [3.63, 3.8) is 0 Å². The Labute approximate surface area is 278 Å². The first-order chi connectivity index (χ1) is 21.8. The van der Waals surface area contributed by atoms with E-state index in [1.54, 1.807) is 12.1 Å². The lowest BCUT2D eigenvalue weighted by atomic mass is 9.52. The number of aliphatic hydroxyl groups is 1. The lowest BCUT2D eigenvalue weighted by molar-refractivity contribution is -0.284. The number of hydrogen-bond donors (Lipinski definition) is 2. The molecule has 47 heavy (non-hydrogen) atoms. The highest BCUT2D eigenvalue weighted by molar-refractivity contribution is 7.91. The van der Waals surface area contributed by atoms with Crippen LogP contribution in [0.5, 0.6) is 5.75 Å². The van der Waals surface area contributed by atoms with Gasteiger partial charge in [0.1, 0.15) is 17.3 Å². The van der Waals surface area contributed by atoms with E-state index in [1.807, 2.05) is 13.1 Å². The van der Waals surface area contributed by atoms with Crippen molar-refractivity contribution >= 4 is 21.5 Å². The number of aliphatic hydroxyl groups excluding tert-OH is 1. The zero-order valence-corrected chi connectivity index (χ0v) is 28.9. The Bertz CT molecular complexity index is 1350. The molecule has 4 rings (SSSR count). The van der Waals surface area contributed by atoms with Gasteiger partial charge < -0.3 is 18.7 Å². The Morgan fingerprint density at radius 3 is 2.49 bits per heavy atom. The zero-order chi connectivity index (χ0) is 34.8. The van der Waals surface area contributed by atoms with Gasteiger partial charge >= 0.3 is 22.4 Å². The number of benzene rings is 1. The van der Waals surface area contributed by atoms with Crippen molar-refractivity contribution in [1.82, 2.24) is 4.90 Å². The van der Waals surface area contributed by atoms with Crippen LogP contribution in [0.25, 0.3) is 0 Å². The minimum Gasteiger partial charge on any atom is -0.616 e. The quantitative estimate of drug-likeness (QED) is 0.0877. The molecule has 3 N–H and O–H groups in total. The summed E-state index contributed by atoms with van der Waals surface area (Å²) < 4.78 is 103. The second-order valence-electron chi connectivity index (χ2n) is 14.1. The van der Waals surface area contributed by atoms with E-state index in [4.69, 9.17) is 9.32 Å². The third kappa shape index (κ3) is 9.42. The van der Waals surface area contributed by atoms with Crippen LogP contribution < -0.4 is 9.32 Å². The number of rotatable bonds is 16. The number of halogens is 5. The minimum absolute atomic E-state index is 0.104. The second kappa shape index (κ2) is 15.2. The fourth-order valence-electron chi connectivity index (χ4n) is 8.43. The highest BCUT2D eigenvalue weighted by Gasteiger charge is 2.57. The van der Waals surface area contributed by atoms with Gasteiger partial charge in [-0.2, -0.15) is 35.5 Å². The largest absolute Gasteiger partial charge is 0.616 e. The van der Waals surface area contributed by atoms with Gasteiger partial charge in [0, 0.05) is 19.4 Å². The summed E-state index contributed by atoms with van der Waals surface area (Å²) in [7, 11) is -2.18. The average molecular weight is 713 g/mol. The number of unbranched alkanes of at least 4 members (excludes halogenated alkanes) is 2. The number of nitrogens with two attached hydrogens (primary N) is 1. The Morgan fingerprint density at radius 1 is 1.13 bits per heavy atom. The van der Waals surface area contributed by atoms with Gasteiger partial charge in [0.05, 0.1) is 6.10 Å². The average Bonchev–Trinajstić information content (AvgIpc) is 3.19. The summed E-state index contributed by atoms with van der Waals surface area (Å²) >= 11 is -1.44. The number of fused-ring (bicyclic) bond motifs is 5. The van der Waals surface area contributed by atoms with Gasteiger partial charge in [-0.25, -0.2) is 0 Å². The maximum atomic E-state index is 13.0. The SMILES string of the molecule is C=C1[C@H](O)CC2C3C(CC[C@]12C)c1ccc(OS(N)(=O)=O)cc1C[C@H]3CCCCCN(C)CCC[S+]([O-])CCCC(F)(F)C(F)(F)F. The molecule has 0 aliphatic heterocycles. The Balaban J connectivity index is 1.26. The molecule has 14 heteroatoms. The summed E-state index contributed by atoms with van der Waals surface area (Å²) in [5.74, 6) is -3.09. The van der Waals surface area contributed by atoms with Crippen molar-refractivity contribution in [3.05, 3.63) is 41.5 Å². The lowest BCUT2D eigenvalue weighted by Gasteiger charge is -2.52. The van der Waals surface area contributed by atoms with Crippen LogP contribution in [0.15, 0.2) is 30.4 Å². The molecule has 4 unspecified atom stereocenters. The smallest absolute Gasteiger partial charge is 0.453 e. The van der Waals surface area contributed by atoms with Crippen LogP contribution in [0.1, 0.15) is 88.2 Å². The molecule has 0 spiro atoms. The molecule has 0 radical (unpaired) electrons. The van der Waals surface area contributed by atoms with Gasteiger partial charge in [-0.1, -0.05) is 43.6 Å². The lowest BCUT2D eigenvalue weighted by Crippen LogP contribution is -2.44. The van der Waals surface area contributed by atoms with Crippen LogP contribution in [-0.2, 0) is 27.9 Å². The Morgan fingerprint density at radius 2 is 1.81 bits per heavy atom. The summed E-state index contributed by atoms with van der Waals surface area (Å²) in [6.07, 6.45) is 0.0706. The van der Waals surface area contributed by atoms with Crippen LogP contribution in [0.2, 0.25) is 0 Å². The third-order valence-electron chi connectivity index (χ3n) is 10.9. The fourth-order valence-corrected chi connectivity index (χ4v) is 9.92.